The average Bonchev–Trinajstić information content (AvgIpc) is 2.65. The molecule has 1 saturated heterocycles. The fourth-order valence-corrected chi connectivity index (χ4v) is 3.63. The van der Waals surface area contributed by atoms with Crippen LogP contribution in [0.4, 0.5) is 5.69 Å². The molecule has 0 aromatic heterocycles. The molecule has 1 fully saturated rings. The molecule has 0 saturated carbocycles. The van der Waals surface area contributed by atoms with Crippen LogP contribution in [0.1, 0.15) is 29.6 Å². The van der Waals surface area contributed by atoms with E-state index in [1.807, 2.05) is 0 Å². The molecule has 0 spiro atoms. The number of amides is 2. The van der Waals surface area contributed by atoms with Crippen LogP contribution in [-0.2, 0) is 19.1 Å². The summed E-state index contributed by atoms with van der Waals surface area (Å²) < 4.78 is 16.5. The number of carbonyl (C=O) groups excluding carboxylic acids is 2. The Kier molecular flexibility index (Phi) is 6.15. The quantitative estimate of drug-likeness (QED) is 0.772. The molecule has 9 heteroatoms. The first-order valence-corrected chi connectivity index (χ1v) is 9.09. The number of aliphatic carboxylic acids is 1. The molecule has 2 aliphatic heterocycles. The summed E-state index contributed by atoms with van der Waals surface area (Å²) in [7, 11) is 3.13. The highest BCUT2D eigenvalue weighted by Crippen LogP contribution is 2.32. The van der Waals surface area contributed by atoms with Gasteiger partial charge in [0.15, 0.2) is 0 Å². The Morgan fingerprint density at radius 2 is 2.14 bits per heavy atom. The Bertz CT molecular complexity index is 767. The Morgan fingerprint density at radius 1 is 1.36 bits per heavy atom. The van der Waals surface area contributed by atoms with Gasteiger partial charge in [0.05, 0.1) is 24.1 Å². The maximum atomic E-state index is 13.0. The van der Waals surface area contributed by atoms with Crippen molar-refractivity contribution in [1.29, 1.82) is 0 Å². The molecular weight excluding hydrogens is 368 g/mol. The lowest BCUT2D eigenvalue weighted by atomic mass is 9.94. The van der Waals surface area contributed by atoms with Gasteiger partial charge in [-0.05, 0) is 31.0 Å². The SMILES string of the molecule is COCC(=O)Nc1ccc2c(c1)C(=O)N(C)[C@@H]1CC[C@H](CC(=O)O)O[C@@H]1CO2. The van der Waals surface area contributed by atoms with Crippen molar-refractivity contribution in [3.63, 3.8) is 0 Å². The highest BCUT2D eigenvalue weighted by molar-refractivity contribution is 6.00. The smallest absolute Gasteiger partial charge is 0.305 e. The summed E-state index contributed by atoms with van der Waals surface area (Å²) in [5, 5.41) is 11.7. The molecular formula is C19H24N2O7. The van der Waals surface area contributed by atoms with Gasteiger partial charge in [0.1, 0.15) is 25.1 Å². The number of carbonyl (C=O) groups is 3. The molecule has 2 heterocycles. The minimum atomic E-state index is -0.909. The zero-order valence-corrected chi connectivity index (χ0v) is 15.8. The first kappa shape index (κ1) is 20.1. The molecule has 2 amide bonds. The molecule has 0 unspecified atom stereocenters. The number of fused-ring (bicyclic) bond motifs is 2. The van der Waals surface area contributed by atoms with Crippen LogP contribution < -0.4 is 10.1 Å². The highest BCUT2D eigenvalue weighted by Gasteiger charge is 2.39. The van der Waals surface area contributed by atoms with Crippen molar-refractivity contribution in [2.75, 3.05) is 32.7 Å². The average molecular weight is 392 g/mol. The van der Waals surface area contributed by atoms with Gasteiger partial charge in [-0.25, -0.2) is 0 Å². The summed E-state index contributed by atoms with van der Waals surface area (Å²) in [4.78, 5) is 37.3. The van der Waals surface area contributed by atoms with Crippen molar-refractivity contribution < 1.29 is 33.7 Å². The molecule has 3 rings (SSSR count). The number of likely N-dealkylation sites (N-methyl/N-ethyl adjacent to an activating group) is 1. The molecule has 3 atom stereocenters. The molecule has 0 radical (unpaired) electrons. The van der Waals surface area contributed by atoms with Crippen LogP contribution in [0.25, 0.3) is 0 Å². The fraction of sp³-hybridized carbons (Fsp3) is 0.526. The number of carboxylic acids is 1. The third-order valence-electron chi connectivity index (χ3n) is 4.97. The number of methoxy groups -OCH3 is 1. The van der Waals surface area contributed by atoms with E-state index >= 15 is 0 Å². The van der Waals surface area contributed by atoms with E-state index < -0.39 is 12.1 Å². The number of carboxylic acid groups (broad SMARTS) is 1. The van der Waals surface area contributed by atoms with Crippen molar-refractivity contribution in [2.45, 2.75) is 37.5 Å². The minimum absolute atomic E-state index is 0.0675. The van der Waals surface area contributed by atoms with Crippen LogP contribution in [0.15, 0.2) is 18.2 Å². The van der Waals surface area contributed by atoms with Crippen molar-refractivity contribution >= 4 is 23.5 Å². The third kappa shape index (κ3) is 4.42. The van der Waals surface area contributed by atoms with Gasteiger partial charge in [0.25, 0.3) is 5.91 Å². The Morgan fingerprint density at radius 3 is 2.86 bits per heavy atom. The van der Waals surface area contributed by atoms with Crippen LogP contribution in [0.3, 0.4) is 0 Å². The second kappa shape index (κ2) is 8.57. The highest BCUT2D eigenvalue weighted by atomic mass is 16.5. The van der Waals surface area contributed by atoms with Gasteiger partial charge in [0, 0.05) is 19.8 Å². The summed E-state index contributed by atoms with van der Waals surface area (Å²) in [6.45, 7) is 0.126. The van der Waals surface area contributed by atoms with E-state index in [-0.39, 0.29) is 43.6 Å². The molecule has 1 aromatic carbocycles. The summed E-state index contributed by atoms with van der Waals surface area (Å²) in [6.07, 6.45) is 0.338. The van der Waals surface area contributed by atoms with Gasteiger partial charge >= 0.3 is 5.97 Å². The number of nitrogens with zero attached hydrogens (tertiary/aromatic N) is 1. The van der Waals surface area contributed by atoms with Gasteiger partial charge in [-0.15, -0.1) is 0 Å². The van der Waals surface area contributed by atoms with Gasteiger partial charge in [0.2, 0.25) is 5.91 Å². The van der Waals surface area contributed by atoms with E-state index in [1.165, 1.54) is 7.11 Å². The summed E-state index contributed by atoms with van der Waals surface area (Å²) in [6, 6.07) is 4.64. The Balaban J connectivity index is 1.80. The third-order valence-corrected chi connectivity index (χ3v) is 4.97. The maximum Gasteiger partial charge on any atom is 0.305 e. The lowest BCUT2D eigenvalue weighted by Crippen LogP contribution is -2.53. The zero-order chi connectivity index (χ0) is 20.3. The van der Waals surface area contributed by atoms with Crippen molar-refractivity contribution in [3.05, 3.63) is 23.8 Å². The topological polar surface area (TPSA) is 114 Å². The second-order valence-electron chi connectivity index (χ2n) is 6.96. The van der Waals surface area contributed by atoms with E-state index in [0.717, 1.165) is 0 Å². The van der Waals surface area contributed by atoms with E-state index in [4.69, 9.17) is 19.3 Å². The first-order chi connectivity index (χ1) is 13.4. The Labute approximate surface area is 162 Å². The van der Waals surface area contributed by atoms with E-state index in [1.54, 1.807) is 30.1 Å². The largest absolute Gasteiger partial charge is 0.490 e. The van der Waals surface area contributed by atoms with Crippen LogP contribution in [-0.4, -0.2) is 73.4 Å². The molecule has 0 bridgehead atoms. The lowest BCUT2D eigenvalue weighted by molar-refractivity contribution is -0.148. The first-order valence-electron chi connectivity index (χ1n) is 9.09. The number of nitrogens with one attached hydrogen (secondary N) is 1. The van der Waals surface area contributed by atoms with Crippen LogP contribution in [0.2, 0.25) is 0 Å². The van der Waals surface area contributed by atoms with E-state index in [2.05, 4.69) is 5.32 Å². The standard InChI is InChI=1S/C19H24N2O7/c1-21-14-5-4-12(8-18(23)24)28-16(14)9-27-15-6-3-11(7-13(15)19(21)25)20-17(22)10-26-2/h3,6-7,12,14,16H,4-5,8-10H2,1-2H3,(H,20,22)(H,23,24)/t12-,14-,16-/m1/s1. The Hall–Kier alpha value is -2.65. The minimum Gasteiger partial charge on any atom is -0.490 e. The molecule has 28 heavy (non-hydrogen) atoms. The molecule has 2 aliphatic rings. The van der Waals surface area contributed by atoms with Crippen LogP contribution in [0.5, 0.6) is 5.75 Å². The van der Waals surface area contributed by atoms with Gasteiger partial charge < -0.3 is 29.5 Å². The summed E-state index contributed by atoms with van der Waals surface area (Å²) in [5.74, 6) is -1.08. The maximum absolute atomic E-state index is 13.0. The number of ether oxygens (including phenoxy) is 3. The van der Waals surface area contributed by atoms with Gasteiger partial charge in [-0.1, -0.05) is 0 Å². The summed E-state index contributed by atoms with van der Waals surface area (Å²) >= 11 is 0. The van der Waals surface area contributed by atoms with Gasteiger partial charge in [-0.2, -0.15) is 0 Å². The molecule has 152 valence electrons. The molecule has 9 nitrogen and oxygen atoms in total. The predicted molar refractivity (Wildman–Crippen MR) is 98.5 cm³/mol. The van der Waals surface area contributed by atoms with Crippen molar-refractivity contribution in [2.24, 2.45) is 0 Å². The van der Waals surface area contributed by atoms with Crippen LogP contribution in [0, 0.1) is 0 Å². The zero-order valence-electron chi connectivity index (χ0n) is 15.8. The van der Waals surface area contributed by atoms with E-state index in [9.17, 15) is 14.4 Å². The number of hydrogen-bond acceptors (Lipinski definition) is 6. The van der Waals surface area contributed by atoms with Crippen molar-refractivity contribution in [3.8, 4) is 5.75 Å². The number of hydrogen-bond donors (Lipinski definition) is 2. The molecule has 0 aliphatic carbocycles. The summed E-state index contributed by atoms with van der Waals surface area (Å²) in [5.41, 5.74) is 0.827. The molecule has 1 aromatic rings. The fourth-order valence-electron chi connectivity index (χ4n) is 3.63. The van der Waals surface area contributed by atoms with Gasteiger partial charge in [-0.3, -0.25) is 14.4 Å². The van der Waals surface area contributed by atoms with Crippen LogP contribution >= 0.6 is 0 Å². The lowest BCUT2D eigenvalue weighted by Gasteiger charge is -2.42. The normalized spacial score (nSPS) is 24.3. The predicted octanol–water partition coefficient (Wildman–Crippen LogP) is 1.13. The second-order valence-corrected chi connectivity index (χ2v) is 6.96. The number of benzene rings is 1. The number of anilines is 1. The number of rotatable bonds is 5. The molecule has 2 N–H and O–H groups in total. The van der Waals surface area contributed by atoms with E-state index in [0.29, 0.717) is 29.8 Å². The monoisotopic (exact) mass is 392 g/mol. The van der Waals surface area contributed by atoms with Crippen molar-refractivity contribution in [1.82, 2.24) is 4.90 Å².